The number of rotatable bonds is 4. The Labute approximate surface area is 141 Å². The number of hydrogen-bond donors (Lipinski definition) is 1. The minimum atomic E-state index is -0.125. The van der Waals surface area contributed by atoms with Gasteiger partial charge in [0.1, 0.15) is 0 Å². The number of halogens is 1. The molecule has 1 saturated carbocycles. The van der Waals surface area contributed by atoms with Crippen LogP contribution in [-0.4, -0.2) is 29.7 Å². The third-order valence-electron chi connectivity index (χ3n) is 4.79. The molecule has 1 heterocycles. The molecule has 1 aromatic rings. The predicted octanol–water partition coefficient (Wildman–Crippen LogP) is 4.77. The lowest BCUT2D eigenvalue weighted by Crippen LogP contribution is -2.40. The van der Waals surface area contributed by atoms with Crippen LogP contribution in [0, 0.1) is 17.3 Å². The summed E-state index contributed by atoms with van der Waals surface area (Å²) in [5.74, 6) is 1.14. The lowest BCUT2D eigenvalue weighted by molar-refractivity contribution is 0.00561. The van der Waals surface area contributed by atoms with Gasteiger partial charge in [0.15, 0.2) is 0 Å². The average molecular weight is 374 g/mol. The summed E-state index contributed by atoms with van der Waals surface area (Å²) in [5, 5.41) is 12.5. The standard InChI is InChI=1S/C17H28BrNOS/c1-17(2,3)14-5-6-15(20)13(8-14)10-19(4)9-12-7-16(18)21-11-12/h7,11,13-15,20H,5-6,8-10H2,1-4H3. The van der Waals surface area contributed by atoms with Gasteiger partial charge in [-0.05, 0) is 76.5 Å². The van der Waals surface area contributed by atoms with E-state index in [0.29, 0.717) is 11.3 Å². The smallest absolute Gasteiger partial charge is 0.0701 e. The summed E-state index contributed by atoms with van der Waals surface area (Å²) in [6, 6.07) is 2.19. The monoisotopic (exact) mass is 373 g/mol. The number of aliphatic hydroxyl groups is 1. The molecule has 0 aromatic carbocycles. The summed E-state index contributed by atoms with van der Waals surface area (Å²) in [5.41, 5.74) is 1.71. The van der Waals surface area contributed by atoms with E-state index in [1.165, 1.54) is 15.8 Å². The molecular weight excluding hydrogens is 346 g/mol. The molecule has 0 radical (unpaired) electrons. The van der Waals surface area contributed by atoms with Gasteiger partial charge in [0, 0.05) is 13.1 Å². The highest BCUT2D eigenvalue weighted by Crippen LogP contribution is 2.40. The van der Waals surface area contributed by atoms with Crippen LogP contribution >= 0.6 is 27.3 Å². The van der Waals surface area contributed by atoms with Gasteiger partial charge in [-0.1, -0.05) is 20.8 Å². The molecular formula is C17H28BrNOS. The first-order chi connectivity index (χ1) is 9.75. The molecule has 1 aromatic heterocycles. The fourth-order valence-corrected chi connectivity index (χ4v) is 4.64. The van der Waals surface area contributed by atoms with Crippen molar-refractivity contribution in [3.8, 4) is 0 Å². The zero-order chi connectivity index (χ0) is 15.6. The summed E-state index contributed by atoms with van der Waals surface area (Å²) in [6.07, 6.45) is 3.16. The minimum absolute atomic E-state index is 0.125. The van der Waals surface area contributed by atoms with E-state index >= 15 is 0 Å². The maximum atomic E-state index is 10.3. The highest BCUT2D eigenvalue weighted by atomic mass is 79.9. The van der Waals surface area contributed by atoms with Crippen molar-refractivity contribution in [1.82, 2.24) is 4.90 Å². The molecule has 1 aliphatic carbocycles. The molecule has 120 valence electrons. The molecule has 1 N–H and O–H groups in total. The van der Waals surface area contributed by atoms with Crippen LogP contribution in [0.15, 0.2) is 15.2 Å². The first kappa shape index (κ1) is 17.5. The summed E-state index contributed by atoms with van der Waals surface area (Å²) in [6.45, 7) is 8.95. The van der Waals surface area contributed by atoms with Gasteiger partial charge in [0.25, 0.3) is 0 Å². The van der Waals surface area contributed by atoms with Crippen molar-refractivity contribution in [1.29, 1.82) is 0 Å². The van der Waals surface area contributed by atoms with Crippen molar-refractivity contribution < 1.29 is 5.11 Å². The second-order valence-electron chi connectivity index (χ2n) is 7.66. The van der Waals surface area contributed by atoms with Gasteiger partial charge < -0.3 is 10.0 Å². The van der Waals surface area contributed by atoms with E-state index in [1.807, 2.05) is 0 Å². The normalized spacial score (nSPS) is 27.3. The van der Waals surface area contributed by atoms with Crippen molar-refractivity contribution in [3.05, 3.63) is 20.8 Å². The van der Waals surface area contributed by atoms with E-state index in [4.69, 9.17) is 0 Å². The Balaban J connectivity index is 1.90. The van der Waals surface area contributed by atoms with E-state index in [0.717, 1.165) is 31.8 Å². The highest BCUT2D eigenvalue weighted by Gasteiger charge is 2.35. The number of nitrogens with zero attached hydrogens (tertiary/aromatic N) is 1. The second kappa shape index (κ2) is 7.12. The van der Waals surface area contributed by atoms with Crippen LogP contribution in [0.3, 0.4) is 0 Å². The molecule has 0 amide bonds. The predicted molar refractivity (Wildman–Crippen MR) is 94.6 cm³/mol. The first-order valence-corrected chi connectivity index (χ1v) is 9.52. The Hall–Kier alpha value is 0.1000. The molecule has 0 saturated heterocycles. The summed E-state index contributed by atoms with van der Waals surface area (Å²) >= 11 is 5.26. The Morgan fingerprint density at radius 3 is 2.67 bits per heavy atom. The zero-order valence-electron chi connectivity index (χ0n) is 13.6. The van der Waals surface area contributed by atoms with Gasteiger partial charge in [-0.3, -0.25) is 0 Å². The molecule has 3 atom stereocenters. The van der Waals surface area contributed by atoms with Crippen molar-refractivity contribution in [2.75, 3.05) is 13.6 Å². The molecule has 4 heteroatoms. The van der Waals surface area contributed by atoms with Gasteiger partial charge in [-0.25, -0.2) is 0 Å². The van der Waals surface area contributed by atoms with Crippen LogP contribution in [0.25, 0.3) is 0 Å². The number of thiophene rings is 1. The van der Waals surface area contributed by atoms with Crippen LogP contribution in [0.4, 0.5) is 0 Å². The second-order valence-corrected chi connectivity index (χ2v) is 9.95. The van der Waals surface area contributed by atoms with Gasteiger partial charge in [0.05, 0.1) is 9.89 Å². The topological polar surface area (TPSA) is 23.5 Å². The summed E-state index contributed by atoms with van der Waals surface area (Å²) < 4.78 is 1.19. The van der Waals surface area contributed by atoms with Crippen molar-refractivity contribution in [2.24, 2.45) is 17.3 Å². The van der Waals surface area contributed by atoms with Crippen LogP contribution in [-0.2, 0) is 6.54 Å². The molecule has 2 rings (SSSR count). The van der Waals surface area contributed by atoms with Crippen LogP contribution < -0.4 is 0 Å². The van der Waals surface area contributed by atoms with Crippen molar-refractivity contribution >= 4 is 27.3 Å². The Bertz CT molecular complexity index is 454. The quantitative estimate of drug-likeness (QED) is 0.821. The molecule has 21 heavy (non-hydrogen) atoms. The fraction of sp³-hybridized carbons (Fsp3) is 0.765. The fourth-order valence-electron chi connectivity index (χ4n) is 3.44. The number of hydrogen-bond acceptors (Lipinski definition) is 3. The van der Waals surface area contributed by atoms with Gasteiger partial charge in [-0.2, -0.15) is 0 Å². The first-order valence-electron chi connectivity index (χ1n) is 7.85. The molecule has 2 nitrogen and oxygen atoms in total. The number of aliphatic hydroxyl groups excluding tert-OH is 1. The van der Waals surface area contributed by atoms with Gasteiger partial charge in [0.2, 0.25) is 0 Å². The van der Waals surface area contributed by atoms with Crippen LogP contribution in [0.2, 0.25) is 0 Å². The largest absolute Gasteiger partial charge is 0.393 e. The van der Waals surface area contributed by atoms with Gasteiger partial charge >= 0.3 is 0 Å². The third kappa shape index (κ3) is 5.05. The molecule has 0 aliphatic heterocycles. The molecule has 1 fully saturated rings. The maximum Gasteiger partial charge on any atom is 0.0701 e. The average Bonchev–Trinajstić information content (AvgIpc) is 2.76. The minimum Gasteiger partial charge on any atom is -0.393 e. The molecule has 0 bridgehead atoms. The Morgan fingerprint density at radius 1 is 1.38 bits per heavy atom. The maximum absolute atomic E-state index is 10.3. The summed E-state index contributed by atoms with van der Waals surface area (Å²) in [7, 11) is 2.17. The van der Waals surface area contributed by atoms with Crippen LogP contribution in [0.1, 0.15) is 45.6 Å². The van der Waals surface area contributed by atoms with E-state index in [1.54, 1.807) is 11.3 Å². The Morgan fingerprint density at radius 2 is 2.10 bits per heavy atom. The summed E-state index contributed by atoms with van der Waals surface area (Å²) in [4.78, 5) is 2.35. The van der Waals surface area contributed by atoms with Crippen molar-refractivity contribution in [3.63, 3.8) is 0 Å². The zero-order valence-corrected chi connectivity index (χ0v) is 16.0. The molecule has 0 spiro atoms. The Kier molecular flexibility index (Phi) is 5.91. The van der Waals surface area contributed by atoms with Crippen LogP contribution in [0.5, 0.6) is 0 Å². The lowest BCUT2D eigenvalue weighted by Gasteiger charge is -2.41. The SMILES string of the molecule is CN(Cc1csc(Br)c1)CC1CC(C(C)(C)C)CCC1O. The van der Waals surface area contributed by atoms with Gasteiger partial charge in [-0.15, -0.1) is 11.3 Å². The van der Waals surface area contributed by atoms with E-state index < -0.39 is 0 Å². The molecule has 3 unspecified atom stereocenters. The highest BCUT2D eigenvalue weighted by molar-refractivity contribution is 9.11. The van der Waals surface area contributed by atoms with E-state index in [2.05, 4.69) is 60.1 Å². The molecule has 1 aliphatic rings. The third-order valence-corrected chi connectivity index (χ3v) is 6.34. The van der Waals surface area contributed by atoms with Crippen molar-refractivity contribution in [2.45, 2.75) is 52.7 Å². The lowest BCUT2D eigenvalue weighted by atomic mass is 9.68. The van der Waals surface area contributed by atoms with E-state index in [-0.39, 0.29) is 6.10 Å². The van der Waals surface area contributed by atoms with E-state index in [9.17, 15) is 5.11 Å².